The minimum absolute atomic E-state index is 0.366. The quantitative estimate of drug-likeness (QED) is 0.811. The van der Waals surface area contributed by atoms with Crippen molar-refractivity contribution in [1.29, 1.82) is 0 Å². The van der Waals surface area contributed by atoms with Gasteiger partial charge in [-0.3, -0.25) is 4.98 Å². The highest BCUT2D eigenvalue weighted by Gasteiger charge is 2.40. The van der Waals surface area contributed by atoms with E-state index in [1.165, 1.54) is 5.56 Å². The molecule has 0 atom stereocenters. The van der Waals surface area contributed by atoms with Crippen molar-refractivity contribution in [3.8, 4) is 0 Å². The van der Waals surface area contributed by atoms with Crippen molar-refractivity contribution >= 4 is 11.8 Å². The molecule has 26 heavy (non-hydrogen) atoms. The van der Waals surface area contributed by atoms with Gasteiger partial charge in [0.1, 0.15) is 5.82 Å². The fourth-order valence-electron chi connectivity index (χ4n) is 3.50. The van der Waals surface area contributed by atoms with Crippen LogP contribution in [-0.2, 0) is 15.9 Å². The molecule has 2 aromatic heterocycles. The lowest BCUT2D eigenvalue weighted by Crippen LogP contribution is -2.45. The van der Waals surface area contributed by atoms with Crippen LogP contribution < -0.4 is 9.80 Å². The highest BCUT2D eigenvalue weighted by molar-refractivity contribution is 5.43. The van der Waals surface area contributed by atoms with E-state index in [-0.39, 0.29) is 5.79 Å². The molecule has 0 bridgehead atoms. The first kappa shape index (κ1) is 17.2. The zero-order valence-electron chi connectivity index (χ0n) is 15.2. The topological polar surface area (TPSA) is 63.6 Å². The van der Waals surface area contributed by atoms with Gasteiger partial charge in [-0.05, 0) is 30.2 Å². The second-order valence-corrected chi connectivity index (χ2v) is 6.84. The summed E-state index contributed by atoms with van der Waals surface area (Å²) < 4.78 is 11.6. The van der Waals surface area contributed by atoms with Crippen LogP contribution in [0.2, 0.25) is 0 Å². The molecule has 7 heteroatoms. The summed E-state index contributed by atoms with van der Waals surface area (Å²) in [5.41, 5.74) is 1.28. The van der Waals surface area contributed by atoms with Crippen molar-refractivity contribution in [2.75, 3.05) is 49.7 Å². The fourth-order valence-corrected chi connectivity index (χ4v) is 3.50. The first-order valence-corrected chi connectivity index (χ1v) is 9.20. The number of aromatic nitrogens is 3. The van der Waals surface area contributed by atoms with Gasteiger partial charge in [0.2, 0.25) is 5.95 Å². The van der Waals surface area contributed by atoms with Gasteiger partial charge in [0.25, 0.3) is 0 Å². The predicted molar refractivity (Wildman–Crippen MR) is 99.3 cm³/mol. The van der Waals surface area contributed by atoms with Crippen LogP contribution in [0.15, 0.2) is 36.8 Å². The van der Waals surface area contributed by atoms with Gasteiger partial charge < -0.3 is 19.3 Å². The highest BCUT2D eigenvalue weighted by atomic mass is 16.7. The van der Waals surface area contributed by atoms with Gasteiger partial charge in [-0.2, -0.15) is 4.98 Å². The molecule has 2 saturated heterocycles. The van der Waals surface area contributed by atoms with Crippen molar-refractivity contribution < 1.29 is 9.47 Å². The number of ether oxygens (including phenoxy) is 2. The molecular formula is C19H25N5O2. The summed E-state index contributed by atoms with van der Waals surface area (Å²) in [6, 6.07) is 6.07. The number of rotatable bonds is 5. The summed E-state index contributed by atoms with van der Waals surface area (Å²) in [4.78, 5) is 17.7. The zero-order valence-corrected chi connectivity index (χ0v) is 15.2. The summed E-state index contributed by atoms with van der Waals surface area (Å²) in [6.07, 6.45) is 8.18. The molecule has 0 amide bonds. The first-order chi connectivity index (χ1) is 12.7. The normalized spacial score (nSPS) is 19.0. The number of likely N-dealkylation sites (N-methyl/N-ethyl adjacent to an activating group) is 1. The van der Waals surface area contributed by atoms with Gasteiger partial charge in [0.05, 0.1) is 13.2 Å². The van der Waals surface area contributed by atoms with E-state index in [2.05, 4.69) is 38.9 Å². The van der Waals surface area contributed by atoms with Crippen molar-refractivity contribution in [2.45, 2.75) is 25.0 Å². The molecule has 2 fully saturated rings. The minimum atomic E-state index is -0.366. The van der Waals surface area contributed by atoms with Crippen LogP contribution >= 0.6 is 0 Å². The largest absolute Gasteiger partial charge is 0.359 e. The molecule has 4 rings (SSSR count). The summed E-state index contributed by atoms with van der Waals surface area (Å²) in [5.74, 6) is 1.36. The van der Waals surface area contributed by atoms with Crippen LogP contribution in [0.4, 0.5) is 11.8 Å². The molecule has 0 N–H and O–H groups in total. The van der Waals surface area contributed by atoms with Crippen molar-refractivity contribution in [3.05, 3.63) is 42.4 Å². The smallest absolute Gasteiger partial charge is 0.227 e. The SMILES string of the molecule is CN(CCc1ccncc1)c1ccnc(N2CCC3(CC2)OCCO3)n1. The van der Waals surface area contributed by atoms with E-state index < -0.39 is 0 Å². The Morgan fingerprint density at radius 3 is 2.54 bits per heavy atom. The third kappa shape index (κ3) is 3.78. The van der Waals surface area contributed by atoms with Crippen LogP contribution in [0, 0.1) is 0 Å². The lowest BCUT2D eigenvalue weighted by molar-refractivity contribution is -0.169. The molecular weight excluding hydrogens is 330 g/mol. The Morgan fingerprint density at radius 1 is 1.08 bits per heavy atom. The lowest BCUT2D eigenvalue weighted by atomic mass is 10.0. The second-order valence-electron chi connectivity index (χ2n) is 6.84. The maximum Gasteiger partial charge on any atom is 0.227 e. The molecule has 1 spiro atoms. The van der Waals surface area contributed by atoms with E-state index in [9.17, 15) is 0 Å². The Bertz CT molecular complexity index is 711. The van der Waals surface area contributed by atoms with E-state index in [1.807, 2.05) is 24.7 Å². The van der Waals surface area contributed by atoms with Gasteiger partial charge in [-0.25, -0.2) is 4.98 Å². The summed E-state index contributed by atoms with van der Waals surface area (Å²) in [6.45, 7) is 4.00. The predicted octanol–water partition coefficient (Wildman–Crippen LogP) is 1.89. The first-order valence-electron chi connectivity index (χ1n) is 9.20. The molecule has 4 heterocycles. The van der Waals surface area contributed by atoms with Crippen LogP contribution in [0.25, 0.3) is 0 Å². The third-order valence-corrected chi connectivity index (χ3v) is 5.13. The van der Waals surface area contributed by atoms with Crippen molar-refractivity contribution in [1.82, 2.24) is 15.0 Å². The number of pyridine rings is 1. The third-order valence-electron chi connectivity index (χ3n) is 5.13. The maximum absolute atomic E-state index is 5.80. The number of hydrogen-bond acceptors (Lipinski definition) is 7. The maximum atomic E-state index is 5.80. The Morgan fingerprint density at radius 2 is 1.81 bits per heavy atom. The standard InChI is InChI=1S/C19H25N5O2/c1-23(11-5-16-2-8-20-9-3-16)17-4-10-21-18(22-17)24-12-6-19(7-13-24)25-14-15-26-19/h2-4,8-10H,5-7,11-15H2,1H3. The van der Waals surface area contributed by atoms with Crippen LogP contribution in [0.3, 0.4) is 0 Å². The molecule has 0 unspecified atom stereocenters. The number of hydrogen-bond donors (Lipinski definition) is 0. The molecule has 0 saturated carbocycles. The molecule has 138 valence electrons. The van der Waals surface area contributed by atoms with Crippen LogP contribution in [0.5, 0.6) is 0 Å². The Kier molecular flexibility index (Phi) is 4.99. The molecule has 0 aromatic carbocycles. The summed E-state index contributed by atoms with van der Waals surface area (Å²) in [5, 5.41) is 0. The summed E-state index contributed by atoms with van der Waals surface area (Å²) >= 11 is 0. The zero-order chi connectivity index (χ0) is 17.8. The number of nitrogens with zero attached hydrogens (tertiary/aromatic N) is 5. The van der Waals surface area contributed by atoms with Gasteiger partial charge in [0, 0.05) is 58.1 Å². The molecule has 0 aliphatic carbocycles. The average molecular weight is 355 g/mol. The van der Waals surface area contributed by atoms with Crippen molar-refractivity contribution in [3.63, 3.8) is 0 Å². The molecule has 2 aromatic rings. The van der Waals surface area contributed by atoms with Gasteiger partial charge in [-0.15, -0.1) is 0 Å². The van der Waals surface area contributed by atoms with E-state index in [0.29, 0.717) is 13.2 Å². The molecule has 0 radical (unpaired) electrons. The van der Waals surface area contributed by atoms with E-state index in [1.54, 1.807) is 0 Å². The fraction of sp³-hybridized carbons (Fsp3) is 0.526. The van der Waals surface area contributed by atoms with Crippen LogP contribution in [0.1, 0.15) is 18.4 Å². The molecule has 2 aliphatic heterocycles. The Balaban J connectivity index is 1.37. The average Bonchev–Trinajstić information content (AvgIpc) is 3.15. The Labute approximate surface area is 154 Å². The second kappa shape index (κ2) is 7.55. The molecule has 7 nitrogen and oxygen atoms in total. The van der Waals surface area contributed by atoms with Crippen LogP contribution in [-0.4, -0.2) is 60.6 Å². The van der Waals surface area contributed by atoms with Gasteiger partial charge >= 0.3 is 0 Å². The minimum Gasteiger partial charge on any atom is -0.359 e. The monoisotopic (exact) mass is 355 g/mol. The van der Waals surface area contributed by atoms with E-state index in [0.717, 1.165) is 50.7 Å². The van der Waals surface area contributed by atoms with Gasteiger partial charge in [-0.1, -0.05) is 0 Å². The Hall–Kier alpha value is -2.25. The highest BCUT2D eigenvalue weighted by Crippen LogP contribution is 2.32. The number of anilines is 2. The number of piperidine rings is 1. The summed E-state index contributed by atoms with van der Waals surface area (Å²) in [7, 11) is 2.07. The van der Waals surface area contributed by atoms with E-state index >= 15 is 0 Å². The molecule has 2 aliphatic rings. The van der Waals surface area contributed by atoms with E-state index in [4.69, 9.17) is 14.5 Å². The lowest BCUT2D eigenvalue weighted by Gasteiger charge is -2.37. The van der Waals surface area contributed by atoms with Crippen molar-refractivity contribution in [2.24, 2.45) is 0 Å². The van der Waals surface area contributed by atoms with Gasteiger partial charge in [0.15, 0.2) is 5.79 Å².